The van der Waals surface area contributed by atoms with Gasteiger partial charge in [0.25, 0.3) is 0 Å². The summed E-state index contributed by atoms with van der Waals surface area (Å²) in [5, 5.41) is 3.43. The van der Waals surface area contributed by atoms with Crippen LogP contribution in [0.3, 0.4) is 0 Å². The van der Waals surface area contributed by atoms with E-state index in [4.69, 9.17) is 21.1 Å². The lowest BCUT2D eigenvalue weighted by Gasteiger charge is -2.14. The molecule has 1 aromatic carbocycles. The third-order valence-corrected chi connectivity index (χ3v) is 3.20. The van der Waals surface area contributed by atoms with E-state index >= 15 is 0 Å². The monoisotopic (exact) mass is 311 g/mol. The Balaban J connectivity index is 2.71. The van der Waals surface area contributed by atoms with Gasteiger partial charge in [-0.05, 0) is 49.6 Å². The van der Waals surface area contributed by atoms with Crippen LogP contribution in [0.5, 0.6) is 11.5 Å². The normalized spacial score (nSPS) is 11.8. The Kier molecular flexibility index (Phi) is 8.24. The largest absolute Gasteiger partial charge is 0.490 e. The van der Waals surface area contributed by atoms with Gasteiger partial charge in [0.05, 0.1) is 6.61 Å². The van der Waals surface area contributed by atoms with Crippen LogP contribution in [0.25, 0.3) is 0 Å². The summed E-state index contributed by atoms with van der Waals surface area (Å²) in [6.45, 7) is 11.2. The van der Waals surface area contributed by atoms with Crippen LogP contribution in [-0.4, -0.2) is 19.8 Å². The fraction of sp³-hybridized carbons (Fsp3) is 0.529. The maximum atomic E-state index is 5.74. The van der Waals surface area contributed by atoms with Crippen molar-refractivity contribution in [1.29, 1.82) is 0 Å². The average Bonchev–Trinajstić information content (AvgIpc) is 2.46. The quantitative estimate of drug-likeness (QED) is 0.735. The van der Waals surface area contributed by atoms with E-state index in [0.29, 0.717) is 19.1 Å². The summed E-state index contributed by atoms with van der Waals surface area (Å²) in [6.07, 6.45) is 0. The van der Waals surface area contributed by atoms with Gasteiger partial charge in [-0.2, -0.15) is 0 Å². The van der Waals surface area contributed by atoms with Crippen molar-refractivity contribution in [2.24, 2.45) is 5.92 Å². The molecule has 0 atom stereocenters. The van der Waals surface area contributed by atoms with Crippen LogP contribution in [0.2, 0.25) is 0 Å². The molecule has 118 valence electrons. The zero-order chi connectivity index (χ0) is 15.7. The van der Waals surface area contributed by atoms with Crippen LogP contribution in [0, 0.1) is 5.92 Å². The molecule has 0 aliphatic heterocycles. The molecule has 0 fully saturated rings. The van der Waals surface area contributed by atoms with Crippen LogP contribution in [0.4, 0.5) is 0 Å². The first-order valence-corrected chi connectivity index (χ1v) is 7.85. The Hall–Kier alpha value is -1.19. The van der Waals surface area contributed by atoms with Crippen molar-refractivity contribution in [2.75, 3.05) is 19.8 Å². The molecule has 0 spiro atoms. The smallest absolute Gasteiger partial charge is 0.161 e. The lowest BCUT2D eigenvalue weighted by atomic mass is 10.2. The van der Waals surface area contributed by atoms with Crippen molar-refractivity contribution in [1.82, 2.24) is 5.32 Å². The minimum Gasteiger partial charge on any atom is -0.490 e. The highest BCUT2D eigenvalue weighted by atomic mass is 35.5. The molecule has 1 aromatic rings. The number of ether oxygens (including phenoxy) is 2. The standard InChI is InChI=1S/C17H26ClNO2/c1-5-20-17-8-15(11-19-10-13(2)3)6-7-16(17)21-12-14(4)9-18/h6-9,13,19H,5,10-12H2,1-4H3/b14-9+. The third-order valence-electron chi connectivity index (χ3n) is 2.83. The second-order valence-corrected chi connectivity index (χ2v) is 5.70. The van der Waals surface area contributed by atoms with Crippen LogP contribution < -0.4 is 14.8 Å². The summed E-state index contributed by atoms with van der Waals surface area (Å²) < 4.78 is 11.4. The molecular weight excluding hydrogens is 286 g/mol. The van der Waals surface area contributed by atoms with Gasteiger partial charge in [-0.1, -0.05) is 31.5 Å². The fourth-order valence-electron chi connectivity index (χ4n) is 1.78. The Labute approximate surface area is 133 Å². The van der Waals surface area contributed by atoms with Crippen LogP contribution in [0.15, 0.2) is 29.3 Å². The summed E-state index contributed by atoms with van der Waals surface area (Å²) >= 11 is 5.65. The number of halogens is 1. The molecule has 21 heavy (non-hydrogen) atoms. The molecule has 0 amide bonds. The van der Waals surface area contributed by atoms with E-state index in [1.165, 1.54) is 11.1 Å². The molecule has 0 radical (unpaired) electrons. The van der Waals surface area contributed by atoms with E-state index in [2.05, 4.69) is 25.2 Å². The van der Waals surface area contributed by atoms with Crippen molar-refractivity contribution in [3.8, 4) is 11.5 Å². The van der Waals surface area contributed by atoms with Gasteiger partial charge in [0.15, 0.2) is 11.5 Å². The predicted octanol–water partition coefficient (Wildman–Crippen LogP) is 4.35. The molecule has 0 bridgehead atoms. The van der Waals surface area contributed by atoms with Gasteiger partial charge in [0.2, 0.25) is 0 Å². The van der Waals surface area contributed by atoms with Crippen molar-refractivity contribution < 1.29 is 9.47 Å². The first-order chi connectivity index (χ1) is 10.1. The first kappa shape index (κ1) is 17.9. The molecular formula is C17H26ClNO2. The molecule has 3 nitrogen and oxygen atoms in total. The van der Waals surface area contributed by atoms with Gasteiger partial charge in [0.1, 0.15) is 6.61 Å². The summed E-state index contributed by atoms with van der Waals surface area (Å²) in [5.41, 5.74) is 3.70. The van der Waals surface area contributed by atoms with Crippen molar-refractivity contribution >= 4 is 11.6 Å². The second kappa shape index (κ2) is 9.69. The van der Waals surface area contributed by atoms with Gasteiger partial charge in [0, 0.05) is 12.1 Å². The Bertz CT molecular complexity index is 458. The highest BCUT2D eigenvalue weighted by Gasteiger charge is 2.07. The molecule has 0 aromatic heterocycles. The molecule has 0 heterocycles. The molecule has 4 heteroatoms. The number of hydrogen-bond donors (Lipinski definition) is 1. The van der Waals surface area contributed by atoms with E-state index in [9.17, 15) is 0 Å². The van der Waals surface area contributed by atoms with Gasteiger partial charge < -0.3 is 14.8 Å². The van der Waals surface area contributed by atoms with E-state index in [-0.39, 0.29) is 0 Å². The van der Waals surface area contributed by atoms with Crippen LogP contribution >= 0.6 is 11.6 Å². The van der Waals surface area contributed by atoms with Gasteiger partial charge >= 0.3 is 0 Å². The SMILES string of the molecule is CCOc1cc(CNCC(C)C)ccc1OC/C(C)=C/Cl. The fourth-order valence-corrected chi connectivity index (χ4v) is 1.84. The molecule has 1 N–H and O–H groups in total. The lowest BCUT2D eigenvalue weighted by molar-refractivity contribution is 0.292. The van der Waals surface area contributed by atoms with E-state index in [0.717, 1.165) is 30.2 Å². The highest BCUT2D eigenvalue weighted by molar-refractivity contribution is 6.25. The summed E-state index contributed by atoms with van der Waals surface area (Å²) in [6, 6.07) is 6.05. The zero-order valence-corrected chi connectivity index (χ0v) is 14.2. The summed E-state index contributed by atoms with van der Waals surface area (Å²) in [7, 11) is 0. The van der Waals surface area contributed by atoms with Gasteiger partial charge in [-0.15, -0.1) is 0 Å². The summed E-state index contributed by atoms with van der Waals surface area (Å²) in [5.74, 6) is 2.18. The van der Waals surface area contributed by atoms with E-state index < -0.39 is 0 Å². The average molecular weight is 312 g/mol. The zero-order valence-electron chi connectivity index (χ0n) is 13.4. The van der Waals surface area contributed by atoms with Crippen LogP contribution in [-0.2, 0) is 6.54 Å². The van der Waals surface area contributed by atoms with E-state index in [1.807, 2.05) is 26.0 Å². The molecule has 1 rings (SSSR count). The molecule has 0 unspecified atom stereocenters. The lowest BCUT2D eigenvalue weighted by Crippen LogP contribution is -2.19. The first-order valence-electron chi connectivity index (χ1n) is 7.41. The Morgan fingerprint density at radius 2 is 2.05 bits per heavy atom. The minimum absolute atomic E-state index is 0.467. The maximum Gasteiger partial charge on any atom is 0.161 e. The second-order valence-electron chi connectivity index (χ2n) is 5.48. The third kappa shape index (κ3) is 6.87. The predicted molar refractivity (Wildman–Crippen MR) is 89.3 cm³/mol. The van der Waals surface area contributed by atoms with Gasteiger partial charge in [-0.3, -0.25) is 0 Å². The maximum absolute atomic E-state index is 5.74. The number of nitrogens with one attached hydrogen (secondary N) is 1. The molecule has 0 aliphatic carbocycles. The number of rotatable bonds is 9. The molecule has 0 saturated carbocycles. The topological polar surface area (TPSA) is 30.5 Å². The molecule has 0 saturated heterocycles. The highest BCUT2D eigenvalue weighted by Crippen LogP contribution is 2.29. The van der Waals surface area contributed by atoms with Gasteiger partial charge in [-0.25, -0.2) is 0 Å². The van der Waals surface area contributed by atoms with Crippen molar-refractivity contribution in [3.05, 3.63) is 34.9 Å². The Morgan fingerprint density at radius 3 is 2.67 bits per heavy atom. The van der Waals surface area contributed by atoms with E-state index in [1.54, 1.807) is 0 Å². The number of benzene rings is 1. The Morgan fingerprint density at radius 1 is 1.29 bits per heavy atom. The molecule has 0 aliphatic rings. The summed E-state index contributed by atoms with van der Waals surface area (Å²) in [4.78, 5) is 0. The minimum atomic E-state index is 0.467. The van der Waals surface area contributed by atoms with Crippen molar-refractivity contribution in [3.63, 3.8) is 0 Å². The van der Waals surface area contributed by atoms with Crippen LogP contribution in [0.1, 0.15) is 33.3 Å². The number of hydrogen-bond acceptors (Lipinski definition) is 3. The van der Waals surface area contributed by atoms with Crippen molar-refractivity contribution in [2.45, 2.75) is 34.2 Å².